The number of hydrogen-bond acceptors (Lipinski definition) is 4. The highest BCUT2D eigenvalue weighted by molar-refractivity contribution is 6.02. The zero-order valence-corrected chi connectivity index (χ0v) is 15.2. The molecule has 3 rings (SSSR count). The van der Waals surface area contributed by atoms with Gasteiger partial charge in [0.05, 0.1) is 0 Å². The molecule has 0 atom stereocenters. The first-order valence-corrected chi connectivity index (χ1v) is 8.49. The lowest BCUT2D eigenvalue weighted by molar-refractivity contribution is -0.120. The smallest absolute Gasteiger partial charge is 0.244 e. The highest BCUT2D eigenvalue weighted by Gasteiger charge is 2.18. The maximum atomic E-state index is 12.4. The zero-order valence-electron chi connectivity index (χ0n) is 15.2. The second-order valence-corrected chi connectivity index (χ2v) is 6.28. The van der Waals surface area contributed by atoms with Crippen LogP contribution in [0, 0.1) is 13.8 Å². The molecule has 6 heteroatoms. The normalized spacial score (nSPS) is 12.4. The molecule has 6 nitrogen and oxygen atoms in total. The number of ether oxygens (including phenoxy) is 2. The van der Waals surface area contributed by atoms with Gasteiger partial charge in [-0.1, -0.05) is 6.07 Å². The molecule has 0 radical (unpaired) electrons. The number of benzene rings is 2. The number of fused-ring (bicyclic) bond motifs is 1. The molecule has 1 heterocycles. The van der Waals surface area contributed by atoms with Gasteiger partial charge in [-0.15, -0.1) is 0 Å². The van der Waals surface area contributed by atoms with Gasteiger partial charge in [0.25, 0.3) is 0 Å². The molecule has 0 bridgehead atoms. The maximum absolute atomic E-state index is 12.4. The van der Waals surface area contributed by atoms with E-state index in [1.165, 1.54) is 11.8 Å². The standard InChI is InChI=1S/C20H22N2O4/c1-13-4-6-17(10-14(13)2)22(15(3)23)12-20(24)21-16-5-7-18-19(11-16)26-9-8-25-18/h4-7,10-11H,8-9,12H2,1-3H3,(H,21,24). The van der Waals surface area contributed by atoms with Gasteiger partial charge in [-0.3, -0.25) is 9.59 Å². The summed E-state index contributed by atoms with van der Waals surface area (Å²) >= 11 is 0. The summed E-state index contributed by atoms with van der Waals surface area (Å²) in [4.78, 5) is 25.9. The van der Waals surface area contributed by atoms with E-state index < -0.39 is 0 Å². The Morgan fingerprint density at radius 3 is 2.42 bits per heavy atom. The van der Waals surface area contributed by atoms with E-state index in [4.69, 9.17) is 9.47 Å². The Labute approximate surface area is 152 Å². The van der Waals surface area contributed by atoms with Gasteiger partial charge >= 0.3 is 0 Å². The number of aryl methyl sites for hydroxylation is 2. The van der Waals surface area contributed by atoms with Crippen LogP contribution in [0.4, 0.5) is 11.4 Å². The van der Waals surface area contributed by atoms with Gasteiger partial charge in [0.1, 0.15) is 19.8 Å². The summed E-state index contributed by atoms with van der Waals surface area (Å²) in [7, 11) is 0. The number of nitrogens with zero attached hydrogens (tertiary/aromatic N) is 1. The Morgan fingerprint density at radius 1 is 1.00 bits per heavy atom. The molecule has 2 amide bonds. The van der Waals surface area contributed by atoms with Crippen LogP contribution in [0.5, 0.6) is 11.5 Å². The maximum Gasteiger partial charge on any atom is 0.244 e. The first-order chi connectivity index (χ1) is 12.4. The van der Waals surface area contributed by atoms with Gasteiger partial charge in [0, 0.05) is 24.4 Å². The lowest BCUT2D eigenvalue weighted by atomic mass is 10.1. The average Bonchev–Trinajstić information content (AvgIpc) is 2.62. The molecule has 0 fully saturated rings. The SMILES string of the molecule is CC(=O)N(CC(=O)Nc1ccc2c(c1)OCCO2)c1ccc(C)c(C)c1. The van der Waals surface area contributed by atoms with Crippen molar-refractivity contribution in [3.05, 3.63) is 47.5 Å². The summed E-state index contributed by atoms with van der Waals surface area (Å²) in [5, 5.41) is 2.80. The lowest BCUT2D eigenvalue weighted by Gasteiger charge is -2.22. The van der Waals surface area contributed by atoms with E-state index in [1.807, 2.05) is 32.0 Å². The van der Waals surface area contributed by atoms with Crippen LogP contribution in [0.15, 0.2) is 36.4 Å². The lowest BCUT2D eigenvalue weighted by Crippen LogP contribution is -2.36. The fourth-order valence-corrected chi connectivity index (χ4v) is 2.74. The number of carbonyl (C=O) groups is 2. The molecular formula is C20H22N2O4. The minimum absolute atomic E-state index is 0.0632. The van der Waals surface area contributed by atoms with Crippen LogP contribution in [0.1, 0.15) is 18.1 Å². The molecular weight excluding hydrogens is 332 g/mol. The number of amides is 2. The predicted molar refractivity (Wildman–Crippen MR) is 100 cm³/mol. The quantitative estimate of drug-likeness (QED) is 0.916. The molecule has 0 aliphatic carbocycles. The van der Waals surface area contributed by atoms with Crippen molar-refractivity contribution in [2.45, 2.75) is 20.8 Å². The van der Waals surface area contributed by atoms with Gasteiger partial charge in [0.2, 0.25) is 11.8 Å². The summed E-state index contributed by atoms with van der Waals surface area (Å²) < 4.78 is 11.0. The first-order valence-electron chi connectivity index (χ1n) is 8.49. The fraction of sp³-hybridized carbons (Fsp3) is 0.300. The Balaban J connectivity index is 1.72. The number of nitrogens with one attached hydrogen (secondary N) is 1. The van der Waals surface area contributed by atoms with E-state index in [2.05, 4.69) is 5.32 Å². The molecule has 2 aromatic carbocycles. The van der Waals surface area contributed by atoms with Crippen molar-refractivity contribution in [2.24, 2.45) is 0 Å². The summed E-state index contributed by atoms with van der Waals surface area (Å²) in [6, 6.07) is 10.9. The first kappa shape index (κ1) is 17.8. The molecule has 136 valence electrons. The van der Waals surface area contributed by atoms with E-state index in [-0.39, 0.29) is 18.4 Å². The van der Waals surface area contributed by atoms with Crippen LogP contribution in [0.25, 0.3) is 0 Å². The summed E-state index contributed by atoms with van der Waals surface area (Å²) in [5.41, 5.74) is 3.51. The monoisotopic (exact) mass is 354 g/mol. The summed E-state index contributed by atoms with van der Waals surface area (Å²) in [5.74, 6) is 0.794. The zero-order chi connectivity index (χ0) is 18.7. The molecule has 0 saturated heterocycles. The van der Waals surface area contributed by atoms with Crippen LogP contribution >= 0.6 is 0 Å². The minimum Gasteiger partial charge on any atom is -0.486 e. The fourth-order valence-electron chi connectivity index (χ4n) is 2.74. The Hall–Kier alpha value is -3.02. The van der Waals surface area contributed by atoms with Crippen molar-refractivity contribution in [3.8, 4) is 11.5 Å². The molecule has 26 heavy (non-hydrogen) atoms. The van der Waals surface area contributed by atoms with E-state index >= 15 is 0 Å². The van der Waals surface area contributed by atoms with E-state index in [1.54, 1.807) is 18.2 Å². The molecule has 2 aromatic rings. The third-order valence-corrected chi connectivity index (χ3v) is 4.31. The molecule has 1 aliphatic heterocycles. The molecule has 0 unspecified atom stereocenters. The van der Waals surface area contributed by atoms with Crippen molar-refractivity contribution in [3.63, 3.8) is 0 Å². The number of carbonyl (C=O) groups excluding carboxylic acids is 2. The molecule has 0 spiro atoms. The number of rotatable bonds is 4. The predicted octanol–water partition coefficient (Wildman–Crippen LogP) is 3.07. The topological polar surface area (TPSA) is 67.9 Å². The molecule has 1 aliphatic rings. The van der Waals surface area contributed by atoms with Crippen molar-refractivity contribution >= 4 is 23.2 Å². The van der Waals surface area contributed by atoms with Crippen molar-refractivity contribution in [1.82, 2.24) is 0 Å². The van der Waals surface area contributed by atoms with Gasteiger partial charge in [0.15, 0.2) is 11.5 Å². The third kappa shape index (κ3) is 3.96. The van der Waals surface area contributed by atoms with Crippen LogP contribution < -0.4 is 19.7 Å². The van der Waals surface area contributed by atoms with E-state index in [0.29, 0.717) is 36.1 Å². The van der Waals surface area contributed by atoms with Gasteiger partial charge in [-0.25, -0.2) is 0 Å². The Kier molecular flexibility index (Phi) is 5.11. The molecule has 0 aromatic heterocycles. The van der Waals surface area contributed by atoms with Gasteiger partial charge in [-0.2, -0.15) is 0 Å². The number of hydrogen-bond donors (Lipinski definition) is 1. The van der Waals surface area contributed by atoms with Crippen molar-refractivity contribution in [2.75, 3.05) is 30.0 Å². The second-order valence-electron chi connectivity index (χ2n) is 6.28. The van der Waals surface area contributed by atoms with Crippen LogP contribution in [-0.4, -0.2) is 31.6 Å². The van der Waals surface area contributed by atoms with Crippen molar-refractivity contribution in [1.29, 1.82) is 0 Å². The van der Waals surface area contributed by atoms with E-state index in [9.17, 15) is 9.59 Å². The third-order valence-electron chi connectivity index (χ3n) is 4.31. The largest absolute Gasteiger partial charge is 0.486 e. The summed E-state index contributed by atoms with van der Waals surface area (Å²) in [6.45, 7) is 6.37. The minimum atomic E-state index is -0.282. The van der Waals surface area contributed by atoms with Crippen molar-refractivity contribution < 1.29 is 19.1 Å². The van der Waals surface area contributed by atoms with Gasteiger partial charge in [-0.05, 0) is 49.2 Å². The van der Waals surface area contributed by atoms with Crippen LogP contribution in [-0.2, 0) is 9.59 Å². The van der Waals surface area contributed by atoms with Crippen LogP contribution in [0.2, 0.25) is 0 Å². The van der Waals surface area contributed by atoms with Crippen LogP contribution in [0.3, 0.4) is 0 Å². The average molecular weight is 354 g/mol. The summed E-state index contributed by atoms with van der Waals surface area (Å²) in [6.07, 6.45) is 0. The molecule has 1 N–H and O–H groups in total. The van der Waals surface area contributed by atoms with Gasteiger partial charge < -0.3 is 19.7 Å². The molecule has 0 saturated carbocycles. The Morgan fingerprint density at radius 2 is 1.73 bits per heavy atom. The highest BCUT2D eigenvalue weighted by atomic mass is 16.6. The number of anilines is 2. The highest BCUT2D eigenvalue weighted by Crippen LogP contribution is 2.32. The Bertz CT molecular complexity index is 848. The second kappa shape index (κ2) is 7.47. The van der Waals surface area contributed by atoms with E-state index in [0.717, 1.165) is 11.1 Å².